The Bertz CT molecular complexity index is 865. The number of aryl methyl sites for hydroxylation is 2. The predicted octanol–water partition coefficient (Wildman–Crippen LogP) is 5.05. The summed E-state index contributed by atoms with van der Waals surface area (Å²) in [6.45, 7) is 4.31. The van der Waals surface area contributed by atoms with E-state index in [1.807, 2.05) is 56.3 Å². The highest BCUT2D eigenvalue weighted by Crippen LogP contribution is 2.28. The highest BCUT2D eigenvalue weighted by Gasteiger charge is 2.19. The van der Waals surface area contributed by atoms with E-state index in [0.29, 0.717) is 12.2 Å². The van der Waals surface area contributed by atoms with Crippen molar-refractivity contribution >= 4 is 32.9 Å². The molecular weight excluding hydrogens is 372 g/mol. The Kier molecular flexibility index (Phi) is 4.90. The maximum absolute atomic E-state index is 12.2. The van der Waals surface area contributed by atoms with Gasteiger partial charge in [-0.1, -0.05) is 33.6 Å². The van der Waals surface area contributed by atoms with Crippen LogP contribution in [-0.2, 0) is 4.74 Å². The second-order valence-corrected chi connectivity index (χ2v) is 6.41. The third-order valence-corrected chi connectivity index (χ3v) is 4.18. The lowest BCUT2D eigenvalue weighted by atomic mass is 10.1. The minimum Gasteiger partial charge on any atom is -0.490 e. The van der Waals surface area contributed by atoms with Gasteiger partial charge in [0, 0.05) is 15.4 Å². The summed E-state index contributed by atoms with van der Waals surface area (Å²) >= 11 is 3.42. The number of ether oxygens (including phenoxy) is 2. The molecule has 1 aromatic heterocycles. The standard InChI is InChI=1S/C19H17BrO4/c1-12-3-6-15(7-4-12)22-9-10-23-19(21)18-13(2)16-11-14(20)5-8-17(16)24-18/h3-8,11H,9-10H2,1-2H3. The van der Waals surface area contributed by atoms with E-state index < -0.39 is 5.97 Å². The number of rotatable bonds is 5. The fourth-order valence-corrected chi connectivity index (χ4v) is 2.74. The van der Waals surface area contributed by atoms with Crippen LogP contribution in [-0.4, -0.2) is 19.2 Å². The van der Waals surface area contributed by atoms with Crippen LogP contribution in [0.2, 0.25) is 0 Å². The maximum Gasteiger partial charge on any atom is 0.374 e. The van der Waals surface area contributed by atoms with Gasteiger partial charge in [0.15, 0.2) is 0 Å². The summed E-state index contributed by atoms with van der Waals surface area (Å²) < 4.78 is 17.3. The topological polar surface area (TPSA) is 48.7 Å². The Morgan fingerprint density at radius 2 is 1.83 bits per heavy atom. The van der Waals surface area contributed by atoms with Crippen LogP contribution >= 0.6 is 15.9 Å². The highest BCUT2D eigenvalue weighted by atomic mass is 79.9. The van der Waals surface area contributed by atoms with Crippen LogP contribution < -0.4 is 4.74 Å². The van der Waals surface area contributed by atoms with Crippen molar-refractivity contribution < 1.29 is 18.7 Å². The van der Waals surface area contributed by atoms with Crippen molar-refractivity contribution in [3.63, 3.8) is 0 Å². The molecule has 3 rings (SSSR count). The molecule has 1 heterocycles. The van der Waals surface area contributed by atoms with Crippen molar-refractivity contribution in [2.45, 2.75) is 13.8 Å². The fraction of sp³-hybridized carbons (Fsp3) is 0.211. The lowest BCUT2D eigenvalue weighted by molar-refractivity contribution is 0.0416. The number of furan rings is 1. The maximum atomic E-state index is 12.2. The molecule has 0 unspecified atom stereocenters. The van der Waals surface area contributed by atoms with Gasteiger partial charge >= 0.3 is 5.97 Å². The third-order valence-electron chi connectivity index (χ3n) is 3.69. The third kappa shape index (κ3) is 3.62. The zero-order valence-corrected chi connectivity index (χ0v) is 15.1. The lowest BCUT2D eigenvalue weighted by Crippen LogP contribution is -2.12. The van der Waals surface area contributed by atoms with Crippen LogP contribution in [0, 0.1) is 13.8 Å². The van der Waals surface area contributed by atoms with Gasteiger partial charge in [-0.3, -0.25) is 0 Å². The average molecular weight is 389 g/mol. The first kappa shape index (κ1) is 16.6. The van der Waals surface area contributed by atoms with Crippen molar-refractivity contribution in [3.8, 4) is 5.75 Å². The molecule has 124 valence electrons. The van der Waals surface area contributed by atoms with Crippen LogP contribution in [0.3, 0.4) is 0 Å². The van der Waals surface area contributed by atoms with Crippen LogP contribution in [0.5, 0.6) is 5.75 Å². The predicted molar refractivity (Wildman–Crippen MR) is 95.6 cm³/mol. The van der Waals surface area contributed by atoms with Crippen molar-refractivity contribution in [2.24, 2.45) is 0 Å². The molecule has 4 nitrogen and oxygen atoms in total. The number of halogens is 1. The molecular formula is C19H17BrO4. The Morgan fingerprint density at radius 3 is 2.58 bits per heavy atom. The lowest BCUT2D eigenvalue weighted by Gasteiger charge is -2.07. The zero-order valence-electron chi connectivity index (χ0n) is 13.5. The number of hydrogen-bond acceptors (Lipinski definition) is 4. The zero-order chi connectivity index (χ0) is 17.1. The van der Waals surface area contributed by atoms with E-state index in [-0.39, 0.29) is 12.4 Å². The Morgan fingerprint density at radius 1 is 1.08 bits per heavy atom. The quantitative estimate of drug-likeness (QED) is 0.453. The summed E-state index contributed by atoms with van der Waals surface area (Å²) in [7, 11) is 0. The number of hydrogen-bond donors (Lipinski definition) is 0. The minimum absolute atomic E-state index is 0.160. The smallest absolute Gasteiger partial charge is 0.374 e. The molecule has 0 aliphatic heterocycles. The molecule has 0 saturated heterocycles. The largest absolute Gasteiger partial charge is 0.490 e. The van der Waals surface area contributed by atoms with Gasteiger partial charge in [-0.05, 0) is 44.2 Å². The molecule has 24 heavy (non-hydrogen) atoms. The van der Waals surface area contributed by atoms with Crippen molar-refractivity contribution in [1.82, 2.24) is 0 Å². The first-order valence-electron chi connectivity index (χ1n) is 7.60. The monoisotopic (exact) mass is 388 g/mol. The van der Waals surface area contributed by atoms with Crippen LogP contribution in [0.15, 0.2) is 51.4 Å². The summed E-state index contributed by atoms with van der Waals surface area (Å²) in [6, 6.07) is 13.3. The molecule has 3 aromatic rings. The molecule has 0 saturated carbocycles. The summed E-state index contributed by atoms with van der Waals surface area (Å²) in [5.74, 6) is 0.507. The van der Waals surface area contributed by atoms with Crippen molar-refractivity contribution in [1.29, 1.82) is 0 Å². The Labute approximate surface area is 148 Å². The molecule has 2 aromatic carbocycles. The van der Waals surface area contributed by atoms with E-state index in [9.17, 15) is 4.79 Å². The van der Waals surface area contributed by atoms with E-state index in [2.05, 4.69) is 15.9 Å². The summed E-state index contributed by atoms with van der Waals surface area (Å²) in [4.78, 5) is 12.2. The van der Waals surface area contributed by atoms with Crippen molar-refractivity contribution in [3.05, 3.63) is 63.8 Å². The van der Waals surface area contributed by atoms with E-state index in [0.717, 1.165) is 21.2 Å². The summed E-state index contributed by atoms with van der Waals surface area (Å²) in [5, 5.41) is 0.896. The second-order valence-electron chi connectivity index (χ2n) is 5.49. The average Bonchev–Trinajstić information content (AvgIpc) is 2.90. The molecule has 0 N–H and O–H groups in total. The van der Waals surface area contributed by atoms with E-state index in [1.54, 1.807) is 0 Å². The van der Waals surface area contributed by atoms with Gasteiger partial charge in [0.25, 0.3) is 0 Å². The van der Waals surface area contributed by atoms with E-state index in [1.165, 1.54) is 5.56 Å². The molecule has 0 amide bonds. The Hall–Kier alpha value is -2.27. The normalized spacial score (nSPS) is 10.8. The van der Waals surface area contributed by atoms with E-state index in [4.69, 9.17) is 13.9 Å². The number of fused-ring (bicyclic) bond motifs is 1. The molecule has 0 bridgehead atoms. The van der Waals surface area contributed by atoms with Crippen LogP contribution in [0.1, 0.15) is 21.7 Å². The molecule has 0 radical (unpaired) electrons. The molecule has 0 fully saturated rings. The summed E-state index contributed by atoms with van der Waals surface area (Å²) in [6.07, 6.45) is 0. The van der Waals surface area contributed by atoms with Gasteiger partial charge in [-0.2, -0.15) is 0 Å². The number of benzene rings is 2. The van der Waals surface area contributed by atoms with Gasteiger partial charge in [0.1, 0.15) is 24.5 Å². The first-order chi connectivity index (χ1) is 11.5. The van der Waals surface area contributed by atoms with E-state index >= 15 is 0 Å². The van der Waals surface area contributed by atoms with Gasteiger partial charge < -0.3 is 13.9 Å². The number of carbonyl (C=O) groups is 1. The van der Waals surface area contributed by atoms with Gasteiger partial charge in [-0.25, -0.2) is 4.79 Å². The fourth-order valence-electron chi connectivity index (χ4n) is 2.38. The number of carbonyl (C=O) groups excluding carboxylic acids is 1. The molecule has 0 atom stereocenters. The number of esters is 1. The van der Waals surface area contributed by atoms with Crippen molar-refractivity contribution in [2.75, 3.05) is 13.2 Å². The summed E-state index contributed by atoms with van der Waals surface area (Å²) in [5.41, 5.74) is 2.61. The minimum atomic E-state index is -0.479. The molecule has 0 aliphatic carbocycles. The highest BCUT2D eigenvalue weighted by molar-refractivity contribution is 9.10. The van der Waals surface area contributed by atoms with Gasteiger partial charge in [0.2, 0.25) is 5.76 Å². The molecule has 0 spiro atoms. The molecule has 0 aliphatic rings. The second kappa shape index (κ2) is 7.09. The SMILES string of the molecule is Cc1ccc(OCCOC(=O)c2oc3ccc(Br)cc3c2C)cc1. The Balaban J connectivity index is 1.59. The first-order valence-corrected chi connectivity index (χ1v) is 8.39. The van der Waals surface area contributed by atoms with Gasteiger partial charge in [0.05, 0.1) is 0 Å². The molecule has 5 heteroatoms. The van der Waals surface area contributed by atoms with Crippen LogP contribution in [0.4, 0.5) is 0 Å². The van der Waals surface area contributed by atoms with Crippen LogP contribution in [0.25, 0.3) is 11.0 Å². The van der Waals surface area contributed by atoms with Gasteiger partial charge in [-0.15, -0.1) is 0 Å².